The number of nitrogens with zero attached hydrogens (tertiary/aromatic N) is 5. The Balaban J connectivity index is 1.45. The molecule has 2 atom stereocenters. The van der Waals surface area contributed by atoms with Crippen LogP contribution in [-0.2, 0) is 4.74 Å². The second-order valence-electron chi connectivity index (χ2n) is 9.39. The van der Waals surface area contributed by atoms with E-state index in [1.54, 1.807) is 12.1 Å². The highest BCUT2D eigenvalue weighted by Crippen LogP contribution is 2.40. The molecule has 0 spiro atoms. The third-order valence-corrected chi connectivity index (χ3v) is 6.96. The van der Waals surface area contributed by atoms with Crippen LogP contribution in [-0.4, -0.2) is 26.4 Å². The summed E-state index contributed by atoms with van der Waals surface area (Å²) < 4.78 is 36.6. The highest BCUT2D eigenvalue weighted by Gasteiger charge is 2.31. The summed E-state index contributed by atoms with van der Waals surface area (Å²) in [6, 6.07) is 9.80. The van der Waals surface area contributed by atoms with Crippen molar-refractivity contribution in [3.63, 3.8) is 0 Å². The first-order valence-electron chi connectivity index (χ1n) is 11.8. The predicted molar refractivity (Wildman–Crippen MR) is 126 cm³/mol. The van der Waals surface area contributed by atoms with E-state index in [9.17, 15) is 14.0 Å². The Bertz CT molecular complexity index is 1490. The van der Waals surface area contributed by atoms with Gasteiger partial charge in [0.15, 0.2) is 0 Å². The zero-order valence-electron chi connectivity index (χ0n) is 19.2. The van der Waals surface area contributed by atoms with E-state index in [2.05, 4.69) is 17.4 Å². The number of benzene rings is 2. The normalized spacial score (nSPS) is 20.2. The Kier molecular flexibility index (Phi) is 5.30. The number of rotatable bonds is 4. The molecule has 0 radical (unpaired) electrons. The molecule has 2 aromatic heterocycles. The lowest BCUT2D eigenvalue weighted by Gasteiger charge is -2.28. The van der Waals surface area contributed by atoms with Crippen LogP contribution in [0.5, 0.6) is 0 Å². The Hall–Kier alpha value is -3.70. The molecule has 3 heterocycles. The summed E-state index contributed by atoms with van der Waals surface area (Å²) in [7, 11) is 0. The molecule has 1 saturated carbocycles. The summed E-state index contributed by atoms with van der Waals surface area (Å²) >= 11 is 0. The molecule has 2 aromatic carbocycles. The number of ether oxygens (including phenoxy) is 1. The first kappa shape index (κ1) is 21.8. The minimum atomic E-state index is -0.702. The molecule has 8 heteroatoms. The van der Waals surface area contributed by atoms with Gasteiger partial charge in [-0.1, -0.05) is 12.1 Å². The number of aryl methyl sites for hydroxylation is 1. The van der Waals surface area contributed by atoms with Gasteiger partial charge in [0.2, 0.25) is 0 Å². The zero-order chi connectivity index (χ0) is 24.1. The molecular weight excluding hydrogens is 448 g/mol. The van der Waals surface area contributed by atoms with Crippen LogP contribution in [0.4, 0.5) is 8.78 Å². The lowest BCUT2D eigenvalue weighted by atomic mass is 9.91. The monoisotopic (exact) mass is 471 g/mol. The average Bonchev–Trinajstić information content (AvgIpc) is 3.59. The van der Waals surface area contributed by atoms with Crippen LogP contribution >= 0.6 is 0 Å². The van der Waals surface area contributed by atoms with E-state index in [4.69, 9.17) is 14.7 Å². The largest absolute Gasteiger partial charge is 0.373 e. The van der Waals surface area contributed by atoms with Crippen molar-refractivity contribution in [2.75, 3.05) is 6.61 Å². The fraction of sp³-hybridized carbons (Fsp3) is 0.333. The number of hydrogen-bond acceptors (Lipinski definition) is 5. The molecule has 0 bridgehead atoms. The number of nitriles is 1. The second kappa shape index (κ2) is 8.51. The smallest absolute Gasteiger partial charge is 0.135 e. The van der Waals surface area contributed by atoms with Crippen molar-refractivity contribution in [1.29, 1.82) is 5.26 Å². The lowest BCUT2D eigenvalue weighted by Crippen LogP contribution is -2.20. The van der Waals surface area contributed by atoms with Crippen molar-refractivity contribution in [3.8, 4) is 17.3 Å². The Morgan fingerprint density at radius 3 is 2.74 bits per heavy atom. The van der Waals surface area contributed by atoms with E-state index < -0.39 is 11.6 Å². The Labute approximate surface area is 201 Å². The third kappa shape index (κ3) is 3.96. The highest BCUT2D eigenvalue weighted by molar-refractivity contribution is 5.96. The lowest BCUT2D eigenvalue weighted by molar-refractivity contribution is 0.00397. The zero-order valence-corrected chi connectivity index (χ0v) is 19.2. The molecule has 2 fully saturated rings. The molecule has 0 N–H and O–H groups in total. The molecule has 1 aliphatic carbocycles. The van der Waals surface area contributed by atoms with Gasteiger partial charge in [-0.25, -0.2) is 18.7 Å². The molecule has 6 nitrogen and oxygen atoms in total. The van der Waals surface area contributed by atoms with E-state index in [1.165, 1.54) is 12.1 Å². The van der Waals surface area contributed by atoms with Gasteiger partial charge in [0, 0.05) is 41.3 Å². The van der Waals surface area contributed by atoms with Gasteiger partial charge in [-0.15, -0.1) is 0 Å². The van der Waals surface area contributed by atoms with Gasteiger partial charge in [0.25, 0.3) is 0 Å². The van der Waals surface area contributed by atoms with E-state index in [-0.39, 0.29) is 17.6 Å². The summed E-state index contributed by atoms with van der Waals surface area (Å²) in [5.41, 5.74) is 3.28. The van der Waals surface area contributed by atoms with Crippen molar-refractivity contribution in [2.24, 2.45) is 0 Å². The van der Waals surface area contributed by atoms with Crippen LogP contribution in [0.15, 0.2) is 42.7 Å². The number of halogens is 2. The maximum absolute atomic E-state index is 14.9. The average molecular weight is 472 g/mol. The number of fused-ring (bicyclic) bond motifs is 1. The topological polar surface area (TPSA) is 76.6 Å². The second-order valence-corrected chi connectivity index (χ2v) is 9.39. The SMILES string of the molecule is Cc1ccc2c(-c3ccc(F)cc3F)nc(C3CCOC(c4cnn(C5CC5)c4)C3)nc2c1C#N. The van der Waals surface area contributed by atoms with Crippen LogP contribution in [0.2, 0.25) is 0 Å². The third-order valence-electron chi connectivity index (χ3n) is 6.96. The first-order valence-corrected chi connectivity index (χ1v) is 11.8. The summed E-state index contributed by atoms with van der Waals surface area (Å²) in [5.74, 6) is -0.859. The molecule has 35 heavy (non-hydrogen) atoms. The fourth-order valence-electron chi connectivity index (χ4n) is 4.85. The van der Waals surface area contributed by atoms with Gasteiger partial charge < -0.3 is 4.74 Å². The van der Waals surface area contributed by atoms with Gasteiger partial charge in [-0.05, 0) is 50.3 Å². The molecule has 176 valence electrons. The van der Waals surface area contributed by atoms with E-state index in [1.807, 2.05) is 17.8 Å². The van der Waals surface area contributed by atoms with E-state index in [0.717, 1.165) is 30.0 Å². The van der Waals surface area contributed by atoms with Crippen molar-refractivity contribution in [1.82, 2.24) is 19.7 Å². The molecule has 2 unspecified atom stereocenters. The molecule has 6 rings (SSSR count). The standard InChI is InChI=1S/C27H23F2N5O/c1-15-2-6-21-25(20-7-3-18(28)11-23(20)29)32-27(33-26(21)22(15)12-30)16-8-9-35-24(10-16)17-13-31-34(14-17)19-4-5-19/h2-3,6-7,11,13-14,16,19,24H,4-5,8-10H2,1H3. The number of aromatic nitrogens is 4. The maximum atomic E-state index is 14.9. The van der Waals surface area contributed by atoms with Gasteiger partial charge in [-0.2, -0.15) is 10.4 Å². The van der Waals surface area contributed by atoms with Crippen LogP contribution in [0.25, 0.3) is 22.2 Å². The van der Waals surface area contributed by atoms with Crippen LogP contribution in [0, 0.1) is 29.9 Å². The van der Waals surface area contributed by atoms with Crippen molar-refractivity contribution in [2.45, 2.75) is 50.7 Å². The van der Waals surface area contributed by atoms with Crippen LogP contribution in [0.3, 0.4) is 0 Å². The minimum Gasteiger partial charge on any atom is -0.373 e. The highest BCUT2D eigenvalue weighted by atomic mass is 19.1. The molecule has 4 aromatic rings. The molecule has 2 aliphatic rings. The van der Waals surface area contributed by atoms with Gasteiger partial charge in [0.05, 0.1) is 35.1 Å². The van der Waals surface area contributed by atoms with Gasteiger partial charge in [-0.3, -0.25) is 4.68 Å². The Morgan fingerprint density at radius 1 is 1.11 bits per heavy atom. The molecule has 0 amide bonds. The maximum Gasteiger partial charge on any atom is 0.135 e. The van der Waals surface area contributed by atoms with Crippen molar-refractivity contribution in [3.05, 3.63) is 76.9 Å². The van der Waals surface area contributed by atoms with E-state index >= 15 is 0 Å². The summed E-state index contributed by atoms with van der Waals surface area (Å²) in [5, 5.41) is 14.9. The molecule has 1 aliphatic heterocycles. The first-order chi connectivity index (χ1) is 17.0. The van der Waals surface area contributed by atoms with Crippen LogP contribution in [0.1, 0.15) is 66.3 Å². The van der Waals surface area contributed by atoms with Gasteiger partial charge >= 0.3 is 0 Å². The molecular formula is C27H23F2N5O. The quantitative estimate of drug-likeness (QED) is 0.369. The fourth-order valence-corrected chi connectivity index (χ4v) is 4.85. The summed E-state index contributed by atoms with van der Waals surface area (Å²) in [6.45, 7) is 2.38. The minimum absolute atomic E-state index is 0.0447. The summed E-state index contributed by atoms with van der Waals surface area (Å²) in [6.07, 6.45) is 7.46. The van der Waals surface area contributed by atoms with E-state index in [0.29, 0.717) is 53.5 Å². The van der Waals surface area contributed by atoms with Crippen molar-refractivity contribution >= 4 is 10.9 Å². The van der Waals surface area contributed by atoms with Crippen molar-refractivity contribution < 1.29 is 13.5 Å². The van der Waals surface area contributed by atoms with Crippen LogP contribution < -0.4 is 0 Å². The van der Waals surface area contributed by atoms with Gasteiger partial charge in [0.1, 0.15) is 23.5 Å². The summed E-state index contributed by atoms with van der Waals surface area (Å²) in [4.78, 5) is 9.63. The number of hydrogen-bond donors (Lipinski definition) is 0. The Morgan fingerprint density at radius 2 is 1.97 bits per heavy atom. The molecule has 1 saturated heterocycles. The predicted octanol–water partition coefficient (Wildman–Crippen LogP) is 5.92.